The molecule has 0 saturated carbocycles. The van der Waals surface area contributed by atoms with E-state index in [0.29, 0.717) is 0 Å². The standard InChI is InChI=1S/C9H17/c1-4-6-8-9(3)7-5-2/h4-7H2,1-3H3. The average molecular weight is 125 g/mol. The zero-order chi connectivity index (χ0) is 7.11. The molecule has 0 aliphatic rings. The Kier molecular flexibility index (Phi) is 5.70. The smallest absolute Gasteiger partial charge is 0.0279 e. The van der Waals surface area contributed by atoms with E-state index in [4.69, 9.17) is 0 Å². The molecule has 0 atom stereocenters. The summed E-state index contributed by atoms with van der Waals surface area (Å²) >= 11 is 0. The molecule has 0 aromatic rings. The molecule has 0 rings (SSSR count). The van der Waals surface area contributed by atoms with Crippen LogP contribution in [-0.4, -0.2) is 0 Å². The van der Waals surface area contributed by atoms with E-state index in [-0.39, 0.29) is 0 Å². The van der Waals surface area contributed by atoms with Crippen molar-refractivity contribution < 1.29 is 0 Å². The summed E-state index contributed by atoms with van der Waals surface area (Å²) in [5.74, 6) is 0. The van der Waals surface area contributed by atoms with E-state index in [2.05, 4.69) is 26.8 Å². The van der Waals surface area contributed by atoms with Gasteiger partial charge in [-0.25, -0.2) is 0 Å². The summed E-state index contributed by atoms with van der Waals surface area (Å²) in [6.07, 6.45) is 8.18. The van der Waals surface area contributed by atoms with Crippen molar-refractivity contribution in [2.75, 3.05) is 0 Å². The summed E-state index contributed by atoms with van der Waals surface area (Å²) in [6.45, 7) is 6.56. The van der Waals surface area contributed by atoms with Gasteiger partial charge in [0.05, 0.1) is 0 Å². The number of allylic oxidation sites excluding steroid dienone is 2. The van der Waals surface area contributed by atoms with Crippen molar-refractivity contribution in [2.45, 2.75) is 46.5 Å². The van der Waals surface area contributed by atoms with Crippen LogP contribution in [0, 0.1) is 6.08 Å². The van der Waals surface area contributed by atoms with Gasteiger partial charge in [-0.1, -0.05) is 32.3 Å². The molecule has 0 amide bonds. The van der Waals surface area contributed by atoms with E-state index < -0.39 is 0 Å². The van der Waals surface area contributed by atoms with Crippen molar-refractivity contribution in [3.63, 3.8) is 0 Å². The van der Waals surface area contributed by atoms with Crippen LogP contribution in [0.15, 0.2) is 5.57 Å². The summed E-state index contributed by atoms with van der Waals surface area (Å²) in [5, 5.41) is 0. The maximum absolute atomic E-state index is 3.35. The predicted octanol–water partition coefficient (Wildman–Crippen LogP) is 3.34. The Bertz CT molecular complexity index is 80.0. The molecule has 0 N–H and O–H groups in total. The zero-order valence-electron chi connectivity index (χ0n) is 6.83. The maximum Gasteiger partial charge on any atom is -0.0279 e. The van der Waals surface area contributed by atoms with Gasteiger partial charge in [0, 0.05) is 0 Å². The van der Waals surface area contributed by atoms with Gasteiger partial charge in [0.2, 0.25) is 0 Å². The molecule has 0 spiro atoms. The van der Waals surface area contributed by atoms with Crippen molar-refractivity contribution >= 4 is 0 Å². The number of unbranched alkanes of at least 4 members (excludes halogenated alkanes) is 1. The number of hydrogen-bond acceptors (Lipinski definition) is 0. The Balaban J connectivity index is 3.30. The largest absolute Gasteiger partial charge is 0.0699 e. The summed E-state index contributed by atoms with van der Waals surface area (Å²) in [5.41, 5.74) is 1.43. The maximum atomic E-state index is 3.35. The first kappa shape index (κ1) is 8.74. The highest BCUT2D eigenvalue weighted by molar-refractivity contribution is 4.90. The zero-order valence-corrected chi connectivity index (χ0v) is 6.83. The van der Waals surface area contributed by atoms with Crippen LogP contribution in [0.2, 0.25) is 0 Å². The predicted molar refractivity (Wildman–Crippen MR) is 42.2 cm³/mol. The molecule has 0 aromatic heterocycles. The molecular formula is C9H17. The van der Waals surface area contributed by atoms with E-state index in [1.165, 1.54) is 24.8 Å². The Morgan fingerprint density at radius 2 is 1.89 bits per heavy atom. The first-order valence-electron chi connectivity index (χ1n) is 3.87. The first-order valence-corrected chi connectivity index (χ1v) is 3.87. The molecule has 0 unspecified atom stereocenters. The second kappa shape index (κ2) is 5.87. The second-order valence-corrected chi connectivity index (χ2v) is 2.46. The third-order valence-corrected chi connectivity index (χ3v) is 1.30. The van der Waals surface area contributed by atoms with Gasteiger partial charge in [-0.3, -0.25) is 0 Å². The van der Waals surface area contributed by atoms with Gasteiger partial charge in [0.1, 0.15) is 0 Å². The highest BCUT2D eigenvalue weighted by Crippen LogP contribution is 2.03. The summed E-state index contributed by atoms with van der Waals surface area (Å²) in [4.78, 5) is 0. The van der Waals surface area contributed by atoms with Crippen molar-refractivity contribution in [3.8, 4) is 0 Å². The third kappa shape index (κ3) is 5.61. The molecule has 0 heterocycles. The van der Waals surface area contributed by atoms with Crippen LogP contribution < -0.4 is 0 Å². The molecule has 0 heteroatoms. The van der Waals surface area contributed by atoms with Crippen molar-refractivity contribution in [3.05, 3.63) is 11.6 Å². The molecule has 9 heavy (non-hydrogen) atoms. The Morgan fingerprint density at radius 1 is 1.22 bits per heavy atom. The van der Waals surface area contributed by atoms with E-state index in [1.54, 1.807) is 0 Å². The molecular weight excluding hydrogens is 108 g/mol. The Labute approximate surface area is 59.0 Å². The topological polar surface area (TPSA) is 0 Å². The van der Waals surface area contributed by atoms with E-state index in [9.17, 15) is 0 Å². The van der Waals surface area contributed by atoms with E-state index in [1.807, 2.05) is 0 Å². The van der Waals surface area contributed by atoms with E-state index >= 15 is 0 Å². The van der Waals surface area contributed by atoms with Gasteiger partial charge in [-0.05, 0) is 25.8 Å². The molecule has 0 aliphatic carbocycles. The third-order valence-electron chi connectivity index (χ3n) is 1.30. The fourth-order valence-electron chi connectivity index (χ4n) is 0.802. The van der Waals surface area contributed by atoms with Crippen LogP contribution in [0.4, 0.5) is 0 Å². The quantitative estimate of drug-likeness (QED) is 0.540. The lowest BCUT2D eigenvalue weighted by Gasteiger charge is -1.94. The number of hydrogen-bond donors (Lipinski definition) is 0. The van der Waals surface area contributed by atoms with Gasteiger partial charge in [-0.2, -0.15) is 0 Å². The SMILES string of the molecule is CCC[C]=C(C)CCC. The van der Waals surface area contributed by atoms with Crippen LogP contribution >= 0.6 is 0 Å². The molecule has 0 bridgehead atoms. The molecule has 1 radical (unpaired) electrons. The second-order valence-electron chi connectivity index (χ2n) is 2.46. The van der Waals surface area contributed by atoms with Gasteiger partial charge in [0.15, 0.2) is 0 Å². The molecule has 0 saturated heterocycles. The molecule has 0 nitrogen and oxygen atoms in total. The highest BCUT2D eigenvalue weighted by atomic mass is 13.9. The van der Waals surface area contributed by atoms with Crippen LogP contribution in [0.1, 0.15) is 46.5 Å². The van der Waals surface area contributed by atoms with Gasteiger partial charge in [-0.15, -0.1) is 0 Å². The average Bonchev–Trinajstić information content (AvgIpc) is 1.85. The molecule has 0 aromatic carbocycles. The minimum Gasteiger partial charge on any atom is -0.0699 e. The van der Waals surface area contributed by atoms with Crippen LogP contribution in [0.3, 0.4) is 0 Å². The summed E-state index contributed by atoms with van der Waals surface area (Å²) < 4.78 is 0. The highest BCUT2D eigenvalue weighted by Gasteiger charge is 1.84. The lowest BCUT2D eigenvalue weighted by molar-refractivity contribution is 0.862. The minimum absolute atomic E-state index is 1.13. The molecule has 0 aliphatic heterocycles. The van der Waals surface area contributed by atoms with Gasteiger partial charge in [0.25, 0.3) is 0 Å². The van der Waals surface area contributed by atoms with Gasteiger partial charge < -0.3 is 0 Å². The van der Waals surface area contributed by atoms with Crippen LogP contribution in [-0.2, 0) is 0 Å². The fourth-order valence-corrected chi connectivity index (χ4v) is 0.802. The lowest BCUT2D eigenvalue weighted by Crippen LogP contribution is -1.75. The fraction of sp³-hybridized carbons (Fsp3) is 0.778. The van der Waals surface area contributed by atoms with Crippen LogP contribution in [0.5, 0.6) is 0 Å². The van der Waals surface area contributed by atoms with Crippen LogP contribution in [0.25, 0.3) is 0 Å². The first-order chi connectivity index (χ1) is 4.31. The number of rotatable bonds is 4. The summed E-state index contributed by atoms with van der Waals surface area (Å²) in [6, 6.07) is 0. The minimum atomic E-state index is 1.13. The Hall–Kier alpha value is -0.260. The monoisotopic (exact) mass is 125 g/mol. The molecule has 0 fully saturated rings. The normalized spacial score (nSPS) is 12.1. The van der Waals surface area contributed by atoms with Crippen molar-refractivity contribution in [2.24, 2.45) is 0 Å². The van der Waals surface area contributed by atoms with Crippen molar-refractivity contribution in [1.82, 2.24) is 0 Å². The molecule has 53 valence electrons. The van der Waals surface area contributed by atoms with Crippen molar-refractivity contribution in [1.29, 1.82) is 0 Å². The Morgan fingerprint density at radius 3 is 2.33 bits per heavy atom. The summed E-state index contributed by atoms with van der Waals surface area (Å²) in [7, 11) is 0. The van der Waals surface area contributed by atoms with Gasteiger partial charge >= 0.3 is 0 Å². The van der Waals surface area contributed by atoms with E-state index in [0.717, 1.165) is 6.42 Å². The lowest BCUT2D eigenvalue weighted by atomic mass is 10.1.